The van der Waals surface area contributed by atoms with Crippen molar-refractivity contribution in [1.82, 2.24) is 0 Å². The lowest BCUT2D eigenvalue weighted by Gasteiger charge is -2.03. The van der Waals surface area contributed by atoms with E-state index in [2.05, 4.69) is 4.74 Å². The van der Waals surface area contributed by atoms with Crippen molar-refractivity contribution in [2.45, 2.75) is 25.4 Å². The van der Waals surface area contributed by atoms with Gasteiger partial charge in [0.05, 0.1) is 13.0 Å². The number of esters is 1. The van der Waals surface area contributed by atoms with E-state index in [0.29, 0.717) is 19.3 Å². The van der Waals surface area contributed by atoms with Gasteiger partial charge in [0.1, 0.15) is 6.17 Å². The van der Waals surface area contributed by atoms with Crippen LogP contribution in [0.15, 0.2) is 0 Å². The van der Waals surface area contributed by atoms with Crippen LogP contribution in [0.3, 0.4) is 0 Å². The Balaban J connectivity index is 2.37. The van der Waals surface area contributed by atoms with Gasteiger partial charge in [0, 0.05) is 0 Å². The molecule has 1 fully saturated rings. The molecule has 0 aromatic carbocycles. The van der Waals surface area contributed by atoms with Gasteiger partial charge in [0.2, 0.25) is 0 Å². The van der Waals surface area contributed by atoms with Crippen LogP contribution in [0.25, 0.3) is 0 Å². The molecule has 1 rings (SSSR count). The predicted octanol–water partition coefficient (Wildman–Crippen LogP) is 1.30. The highest BCUT2D eigenvalue weighted by Crippen LogP contribution is 2.28. The number of methoxy groups -OCH3 is 1. The summed E-state index contributed by atoms with van der Waals surface area (Å²) in [6, 6.07) is 0. The van der Waals surface area contributed by atoms with Crippen molar-refractivity contribution in [1.29, 1.82) is 0 Å². The first kappa shape index (κ1) is 7.51. The maximum Gasteiger partial charge on any atom is 0.308 e. The Morgan fingerprint density at radius 2 is 2.30 bits per heavy atom. The van der Waals surface area contributed by atoms with Gasteiger partial charge in [0.25, 0.3) is 0 Å². The van der Waals surface area contributed by atoms with E-state index in [9.17, 15) is 9.18 Å². The number of rotatable bonds is 1. The summed E-state index contributed by atoms with van der Waals surface area (Å²) in [5.74, 6) is -0.444. The Morgan fingerprint density at radius 3 is 2.70 bits per heavy atom. The lowest BCUT2D eigenvalue weighted by Crippen LogP contribution is -2.12. The molecule has 0 aromatic rings. The lowest BCUT2D eigenvalue weighted by molar-refractivity contribution is -0.145. The largest absolute Gasteiger partial charge is 0.469 e. The first-order valence-electron chi connectivity index (χ1n) is 3.46. The van der Waals surface area contributed by atoms with Crippen molar-refractivity contribution in [2.75, 3.05) is 7.11 Å². The molecule has 2 atom stereocenters. The first-order chi connectivity index (χ1) is 4.74. The van der Waals surface area contributed by atoms with Crippen LogP contribution in [0, 0.1) is 5.92 Å². The van der Waals surface area contributed by atoms with Crippen LogP contribution in [-0.2, 0) is 9.53 Å². The molecule has 1 aliphatic rings. The summed E-state index contributed by atoms with van der Waals surface area (Å²) in [5, 5.41) is 0. The molecule has 1 unspecified atom stereocenters. The summed E-state index contributed by atoms with van der Waals surface area (Å²) < 4.78 is 16.9. The summed E-state index contributed by atoms with van der Waals surface area (Å²) in [6.07, 6.45) is 0.726. The van der Waals surface area contributed by atoms with E-state index in [0.717, 1.165) is 0 Å². The normalized spacial score (nSPS) is 32.2. The SMILES string of the molecule is COC(=O)[C@@H]1CCC(F)C1. The summed E-state index contributed by atoms with van der Waals surface area (Å²) in [5.41, 5.74) is 0. The van der Waals surface area contributed by atoms with E-state index in [-0.39, 0.29) is 11.9 Å². The van der Waals surface area contributed by atoms with Gasteiger partial charge < -0.3 is 4.74 Å². The average Bonchev–Trinajstić information content (AvgIpc) is 2.34. The van der Waals surface area contributed by atoms with E-state index in [1.807, 2.05) is 0 Å². The second-order valence-electron chi connectivity index (χ2n) is 2.63. The monoisotopic (exact) mass is 146 g/mol. The van der Waals surface area contributed by atoms with E-state index in [1.54, 1.807) is 0 Å². The maximum absolute atomic E-state index is 12.5. The molecule has 0 saturated heterocycles. The Labute approximate surface area is 59.4 Å². The van der Waals surface area contributed by atoms with Gasteiger partial charge in [0.15, 0.2) is 0 Å². The van der Waals surface area contributed by atoms with Crippen LogP contribution >= 0.6 is 0 Å². The number of hydrogen-bond acceptors (Lipinski definition) is 2. The van der Waals surface area contributed by atoms with Crippen molar-refractivity contribution in [3.05, 3.63) is 0 Å². The van der Waals surface area contributed by atoms with Gasteiger partial charge in [-0.05, 0) is 19.3 Å². The zero-order valence-electron chi connectivity index (χ0n) is 5.97. The molecule has 58 valence electrons. The number of carbonyl (C=O) groups is 1. The predicted molar refractivity (Wildman–Crippen MR) is 34.3 cm³/mol. The van der Waals surface area contributed by atoms with Gasteiger partial charge in [-0.3, -0.25) is 4.79 Å². The van der Waals surface area contributed by atoms with Gasteiger partial charge in [-0.25, -0.2) is 4.39 Å². The van der Waals surface area contributed by atoms with Crippen LogP contribution in [0.1, 0.15) is 19.3 Å². The number of carbonyl (C=O) groups excluding carboxylic acids is 1. The molecule has 0 bridgehead atoms. The van der Waals surface area contributed by atoms with Crippen LogP contribution in [0.5, 0.6) is 0 Å². The van der Waals surface area contributed by atoms with E-state index >= 15 is 0 Å². The fraction of sp³-hybridized carbons (Fsp3) is 0.857. The second-order valence-corrected chi connectivity index (χ2v) is 2.63. The van der Waals surface area contributed by atoms with E-state index in [4.69, 9.17) is 0 Å². The third-order valence-electron chi connectivity index (χ3n) is 1.90. The Bertz CT molecular complexity index is 136. The average molecular weight is 146 g/mol. The molecule has 0 N–H and O–H groups in total. The molecule has 0 radical (unpaired) electrons. The number of ether oxygens (including phenoxy) is 1. The van der Waals surface area contributed by atoms with Crippen molar-refractivity contribution in [3.63, 3.8) is 0 Å². The molecule has 10 heavy (non-hydrogen) atoms. The summed E-state index contributed by atoms with van der Waals surface area (Å²) in [6.45, 7) is 0. The highest BCUT2D eigenvalue weighted by Gasteiger charge is 2.30. The third kappa shape index (κ3) is 1.46. The zero-order chi connectivity index (χ0) is 7.56. The molecule has 0 spiro atoms. The smallest absolute Gasteiger partial charge is 0.308 e. The molecule has 0 heterocycles. The van der Waals surface area contributed by atoms with Gasteiger partial charge >= 0.3 is 5.97 Å². The first-order valence-corrected chi connectivity index (χ1v) is 3.46. The summed E-state index contributed by atoms with van der Waals surface area (Å²) in [7, 11) is 1.34. The minimum Gasteiger partial charge on any atom is -0.469 e. The van der Waals surface area contributed by atoms with E-state index < -0.39 is 6.17 Å². The topological polar surface area (TPSA) is 26.3 Å². The van der Waals surface area contributed by atoms with Crippen LogP contribution in [0.2, 0.25) is 0 Å². The fourth-order valence-electron chi connectivity index (χ4n) is 1.31. The van der Waals surface area contributed by atoms with Crippen molar-refractivity contribution in [3.8, 4) is 0 Å². The molecular formula is C7H11FO2. The van der Waals surface area contributed by atoms with Crippen LogP contribution < -0.4 is 0 Å². The molecule has 1 saturated carbocycles. The van der Waals surface area contributed by atoms with Crippen molar-refractivity contribution >= 4 is 5.97 Å². The standard InChI is InChI=1S/C7H11FO2/c1-10-7(9)5-2-3-6(8)4-5/h5-6H,2-4H2,1H3/t5-,6?/m1/s1. The van der Waals surface area contributed by atoms with Crippen molar-refractivity contribution < 1.29 is 13.9 Å². The summed E-state index contributed by atoms with van der Waals surface area (Å²) in [4.78, 5) is 10.8. The Kier molecular flexibility index (Phi) is 2.25. The van der Waals surface area contributed by atoms with Crippen LogP contribution in [0.4, 0.5) is 4.39 Å². The minimum atomic E-state index is -0.788. The summed E-state index contributed by atoms with van der Waals surface area (Å²) >= 11 is 0. The number of halogens is 1. The highest BCUT2D eigenvalue weighted by molar-refractivity contribution is 5.72. The Hall–Kier alpha value is -0.600. The van der Waals surface area contributed by atoms with E-state index in [1.165, 1.54) is 7.11 Å². The quantitative estimate of drug-likeness (QED) is 0.521. The zero-order valence-corrected chi connectivity index (χ0v) is 5.97. The lowest BCUT2D eigenvalue weighted by atomic mass is 10.1. The number of alkyl halides is 1. The molecule has 0 amide bonds. The molecule has 2 nitrogen and oxygen atoms in total. The second kappa shape index (κ2) is 2.99. The maximum atomic E-state index is 12.5. The molecule has 0 aliphatic heterocycles. The molecule has 1 aliphatic carbocycles. The third-order valence-corrected chi connectivity index (χ3v) is 1.90. The van der Waals surface area contributed by atoms with Gasteiger partial charge in [-0.15, -0.1) is 0 Å². The van der Waals surface area contributed by atoms with Gasteiger partial charge in [-0.1, -0.05) is 0 Å². The van der Waals surface area contributed by atoms with Crippen LogP contribution in [-0.4, -0.2) is 19.3 Å². The molecular weight excluding hydrogens is 135 g/mol. The Morgan fingerprint density at radius 1 is 1.60 bits per heavy atom. The highest BCUT2D eigenvalue weighted by atomic mass is 19.1. The number of hydrogen-bond donors (Lipinski definition) is 0. The molecule has 0 aromatic heterocycles. The van der Waals surface area contributed by atoms with Crippen molar-refractivity contribution in [2.24, 2.45) is 5.92 Å². The van der Waals surface area contributed by atoms with Gasteiger partial charge in [-0.2, -0.15) is 0 Å². The minimum absolute atomic E-state index is 0.181. The molecule has 3 heteroatoms. The fourth-order valence-corrected chi connectivity index (χ4v) is 1.31.